The van der Waals surface area contributed by atoms with Crippen molar-refractivity contribution in [3.8, 4) is 11.1 Å². The van der Waals surface area contributed by atoms with Crippen molar-refractivity contribution in [3.05, 3.63) is 54.4 Å². The van der Waals surface area contributed by atoms with Crippen LogP contribution < -0.4 is 0 Å². The monoisotopic (exact) mass is 383 g/mol. The molecule has 1 fully saturated rings. The number of carbonyl (C=O) groups is 2. The molecule has 3 rings (SSSR count). The Balaban J connectivity index is 1.92. The summed E-state index contributed by atoms with van der Waals surface area (Å²) in [5.74, 6) is -0.595. The van der Waals surface area contributed by atoms with Gasteiger partial charge in [0.1, 0.15) is 6.61 Å². The van der Waals surface area contributed by atoms with Crippen LogP contribution in [0.15, 0.2) is 48.8 Å². The molecule has 1 aromatic heterocycles. The fraction of sp³-hybridized carbons (Fsp3) is 0.381. The van der Waals surface area contributed by atoms with E-state index in [0.29, 0.717) is 13.0 Å². The number of likely N-dealkylation sites (N-methyl/N-ethyl adjacent to an activating group) is 1. The Morgan fingerprint density at radius 1 is 1.21 bits per heavy atom. The molecule has 7 heteroatoms. The van der Waals surface area contributed by atoms with Gasteiger partial charge in [0.15, 0.2) is 5.60 Å². The van der Waals surface area contributed by atoms with Crippen LogP contribution in [-0.4, -0.2) is 77.7 Å². The summed E-state index contributed by atoms with van der Waals surface area (Å²) < 4.78 is 5.99. The number of benzene rings is 1. The van der Waals surface area contributed by atoms with E-state index in [1.165, 1.54) is 9.80 Å². The minimum atomic E-state index is -1.18. The summed E-state index contributed by atoms with van der Waals surface area (Å²) in [5.41, 5.74) is 1.81. The fourth-order valence-corrected chi connectivity index (χ4v) is 3.55. The third-order valence-electron chi connectivity index (χ3n) is 4.90. The molecule has 1 aliphatic rings. The normalized spacial score (nSPS) is 19.3. The summed E-state index contributed by atoms with van der Waals surface area (Å²) in [7, 11) is 3.35. The average Bonchev–Trinajstić information content (AvgIpc) is 2.73. The Hall–Kier alpha value is -2.77. The van der Waals surface area contributed by atoms with E-state index in [0.717, 1.165) is 16.7 Å². The molecule has 2 aromatic rings. The number of aromatic nitrogens is 1. The van der Waals surface area contributed by atoms with Crippen molar-refractivity contribution in [2.45, 2.75) is 12.0 Å². The summed E-state index contributed by atoms with van der Waals surface area (Å²) in [6.45, 7) is 0.140. The van der Waals surface area contributed by atoms with Crippen LogP contribution in [0.2, 0.25) is 0 Å². The maximum atomic E-state index is 13.0. The molecular formula is C21H25N3O4. The average molecular weight is 383 g/mol. The molecule has 1 atom stereocenters. The zero-order valence-electron chi connectivity index (χ0n) is 16.2. The van der Waals surface area contributed by atoms with Gasteiger partial charge in [0.05, 0.1) is 13.2 Å². The van der Waals surface area contributed by atoms with E-state index >= 15 is 0 Å². The Bertz CT molecular complexity index is 841. The van der Waals surface area contributed by atoms with E-state index in [1.807, 2.05) is 36.4 Å². The molecule has 7 nitrogen and oxygen atoms in total. The van der Waals surface area contributed by atoms with Crippen molar-refractivity contribution in [2.24, 2.45) is 0 Å². The van der Waals surface area contributed by atoms with Gasteiger partial charge in [-0.3, -0.25) is 14.6 Å². The van der Waals surface area contributed by atoms with Crippen molar-refractivity contribution in [1.82, 2.24) is 14.8 Å². The Labute approximate surface area is 164 Å². The van der Waals surface area contributed by atoms with Crippen LogP contribution in [0, 0.1) is 0 Å². The van der Waals surface area contributed by atoms with Gasteiger partial charge in [0.2, 0.25) is 5.91 Å². The van der Waals surface area contributed by atoms with Crippen molar-refractivity contribution < 1.29 is 19.4 Å². The van der Waals surface area contributed by atoms with Crippen LogP contribution in [0.3, 0.4) is 0 Å². The van der Waals surface area contributed by atoms with E-state index in [4.69, 9.17) is 4.74 Å². The van der Waals surface area contributed by atoms with Gasteiger partial charge in [-0.05, 0) is 28.8 Å². The zero-order valence-corrected chi connectivity index (χ0v) is 16.2. The van der Waals surface area contributed by atoms with Crippen LogP contribution in [0.25, 0.3) is 11.1 Å². The summed E-state index contributed by atoms with van der Waals surface area (Å²) in [4.78, 5) is 32.1. The Morgan fingerprint density at radius 2 is 1.96 bits per heavy atom. The predicted octanol–water partition coefficient (Wildman–Crippen LogP) is 0.969. The maximum absolute atomic E-state index is 13.0. The van der Waals surface area contributed by atoms with E-state index in [2.05, 4.69) is 4.98 Å². The third-order valence-corrected chi connectivity index (χ3v) is 4.90. The quantitative estimate of drug-likeness (QED) is 0.832. The first kappa shape index (κ1) is 20.0. The van der Waals surface area contributed by atoms with Gasteiger partial charge >= 0.3 is 0 Å². The number of aliphatic hydroxyl groups is 1. The van der Waals surface area contributed by atoms with Gasteiger partial charge in [0.25, 0.3) is 5.91 Å². The van der Waals surface area contributed by atoms with Crippen molar-refractivity contribution in [3.63, 3.8) is 0 Å². The highest BCUT2D eigenvalue weighted by Crippen LogP contribution is 2.28. The molecule has 2 heterocycles. The number of hydrogen-bond donors (Lipinski definition) is 1. The van der Waals surface area contributed by atoms with Crippen molar-refractivity contribution in [1.29, 1.82) is 0 Å². The van der Waals surface area contributed by atoms with Gasteiger partial charge in [0, 0.05) is 39.5 Å². The first-order valence-corrected chi connectivity index (χ1v) is 9.19. The highest BCUT2D eigenvalue weighted by Gasteiger charge is 2.45. The molecule has 0 unspecified atom stereocenters. The molecule has 28 heavy (non-hydrogen) atoms. The molecule has 1 aliphatic heterocycles. The number of ether oxygens (including phenoxy) is 1. The topological polar surface area (TPSA) is 83.0 Å². The van der Waals surface area contributed by atoms with Gasteiger partial charge in [-0.2, -0.15) is 0 Å². The third kappa shape index (κ3) is 4.21. The number of aliphatic hydroxyl groups excluding tert-OH is 1. The van der Waals surface area contributed by atoms with Crippen LogP contribution in [0.5, 0.6) is 0 Å². The Kier molecular flexibility index (Phi) is 6.06. The van der Waals surface area contributed by atoms with Gasteiger partial charge in [-0.25, -0.2) is 0 Å². The van der Waals surface area contributed by atoms with Gasteiger partial charge in [-0.1, -0.05) is 24.3 Å². The van der Waals surface area contributed by atoms with Crippen LogP contribution in [0.1, 0.15) is 5.56 Å². The van der Waals surface area contributed by atoms with Crippen LogP contribution >= 0.6 is 0 Å². The molecule has 1 aromatic carbocycles. The fourth-order valence-electron chi connectivity index (χ4n) is 3.55. The van der Waals surface area contributed by atoms with Crippen LogP contribution in [-0.2, 0) is 20.7 Å². The molecule has 148 valence electrons. The molecule has 0 radical (unpaired) electrons. The molecule has 1 saturated heterocycles. The lowest BCUT2D eigenvalue weighted by Gasteiger charge is -2.42. The van der Waals surface area contributed by atoms with Crippen molar-refractivity contribution in [2.75, 3.05) is 40.4 Å². The molecule has 1 N–H and O–H groups in total. The summed E-state index contributed by atoms with van der Waals surface area (Å²) in [6, 6.07) is 11.8. The second-order valence-electron chi connectivity index (χ2n) is 7.13. The number of carbonyl (C=O) groups excluding carboxylic acids is 2. The molecule has 2 amide bonds. The lowest BCUT2D eigenvalue weighted by molar-refractivity contribution is -0.173. The number of nitrogens with zero attached hydrogens (tertiary/aromatic N) is 3. The van der Waals surface area contributed by atoms with E-state index < -0.39 is 18.1 Å². The number of pyridine rings is 1. The highest BCUT2D eigenvalue weighted by atomic mass is 16.5. The lowest BCUT2D eigenvalue weighted by atomic mass is 9.89. The second-order valence-corrected chi connectivity index (χ2v) is 7.13. The number of amides is 2. The minimum absolute atomic E-state index is 0.114. The van der Waals surface area contributed by atoms with Crippen LogP contribution in [0.4, 0.5) is 0 Å². The molecule has 0 aliphatic carbocycles. The van der Waals surface area contributed by atoms with Gasteiger partial charge in [-0.15, -0.1) is 0 Å². The lowest BCUT2D eigenvalue weighted by Crippen LogP contribution is -2.62. The highest BCUT2D eigenvalue weighted by molar-refractivity contribution is 5.87. The molecule has 0 spiro atoms. The smallest absolute Gasteiger partial charge is 0.256 e. The largest absolute Gasteiger partial charge is 0.387 e. The van der Waals surface area contributed by atoms with E-state index in [1.54, 1.807) is 26.5 Å². The first-order chi connectivity index (χ1) is 13.4. The standard InChI is InChI=1S/C21H25N3O4/c1-23(2)20(27)21(15-24(10-11-28-21)19(26)14-25)13-16-4-3-5-18(12-16)17-6-8-22-9-7-17/h3-9,12,25H,10-11,13-15H2,1-2H3/t21-/m1/s1. The SMILES string of the molecule is CN(C)C(=O)[C@@]1(Cc2cccc(-c3ccncc3)c2)CN(C(=O)CO)CCO1. The second kappa shape index (κ2) is 8.50. The predicted molar refractivity (Wildman–Crippen MR) is 104 cm³/mol. The zero-order chi connectivity index (χ0) is 20.1. The minimum Gasteiger partial charge on any atom is -0.387 e. The summed E-state index contributed by atoms with van der Waals surface area (Å²) >= 11 is 0. The summed E-state index contributed by atoms with van der Waals surface area (Å²) in [6.07, 6.45) is 3.81. The van der Waals surface area contributed by atoms with Crippen molar-refractivity contribution >= 4 is 11.8 Å². The molecule has 0 bridgehead atoms. The van der Waals surface area contributed by atoms with Gasteiger partial charge < -0.3 is 19.6 Å². The number of hydrogen-bond acceptors (Lipinski definition) is 5. The number of rotatable bonds is 5. The Morgan fingerprint density at radius 3 is 2.64 bits per heavy atom. The van der Waals surface area contributed by atoms with E-state index in [9.17, 15) is 14.7 Å². The molecular weight excluding hydrogens is 358 g/mol. The van der Waals surface area contributed by atoms with E-state index in [-0.39, 0.29) is 19.1 Å². The summed E-state index contributed by atoms with van der Waals surface area (Å²) in [5, 5.41) is 9.22. The molecule has 0 saturated carbocycles. The maximum Gasteiger partial charge on any atom is 0.256 e. The number of morpholine rings is 1. The first-order valence-electron chi connectivity index (χ1n) is 9.19.